The summed E-state index contributed by atoms with van der Waals surface area (Å²) in [5.41, 5.74) is 1.05. The number of thioether (sulfide) groups is 1. The van der Waals surface area contributed by atoms with Gasteiger partial charge in [-0.15, -0.1) is 0 Å². The molecule has 3 nitrogen and oxygen atoms in total. The van der Waals surface area contributed by atoms with Gasteiger partial charge in [-0.1, -0.05) is 102 Å². The molecule has 1 fully saturated rings. The van der Waals surface area contributed by atoms with Crippen molar-refractivity contribution in [3.8, 4) is 0 Å². The van der Waals surface area contributed by atoms with Gasteiger partial charge in [-0.3, -0.25) is 9.69 Å². The van der Waals surface area contributed by atoms with E-state index in [1.54, 1.807) is 22.7 Å². The van der Waals surface area contributed by atoms with Gasteiger partial charge in [0.25, 0.3) is 5.91 Å². The molecule has 6 heteroatoms. The quantitative estimate of drug-likeness (QED) is 0.237. The van der Waals surface area contributed by atoms with Gasteiger partial charge in [0, 0.05) is 11.0 Å². The van der Waals surface area contributed by atoms with E-state index in [0.29, 0.717) is 21.5 Å². The number of hydrogen-bond donors (Lipinski definition) is 0. The van der Waals surface area contributed by atoms with Gasteiger partial charge in [0.15, 0.2) is 5.09 Å². The van der Waals surface area contributed by atoms with E-state index >= 15 is 0 Å². The number of thiocarbonyl (C=S) groups is 1. The van der Waals surface area contributed by atoms with Crippen molar-refractivity contribution in [1.82, 2.24) is 4.90 Å². The molecule has 0 N–H and O–H groups in total. The van der Waals surface area contributed by atoms with Crippen LogP contribution in [0.2, 0.25) is 0 Å². The molecule has 0 unspecified atom stereocenters. The minimum atomic E-state index is -0.0847. The van der Waals surface area contributed by atoms with E-state index in [-0.39, 0.29) is 5.91 Å². The molecule has 1 aliphatic heterocycles. The number of nitrogens with zero attached hydrogens (tertiary/aromatic N) is 1. The highest BCUT2D eigenvalue weighted by Gasteiger charge is 2.32. The SMILES string of the molecule is O=C1/C(=C/c2ccc(Sc3cccc4ccccc34)o2)SC(=S)N1Cc1ccccc1. The number of carbonyl (C=O) groups excluding carboxylic acids is 1. The fourth-order valence-electron chi connectivity index (χ4n) is 3.39. The maximum Gasteiger partial charge on any atom is 0.266 e. The van der Waals surface area contributed by atoms with Gasteiger partial charge in [0.1, 0.15) is 10.1 Å². The average molecular weight is 460 g/mol. The van der Waals surface area contributed by atoms with Crippen molar-refractivity contribution in [3.63, 3.8) is 0 Å². The number of hydrogen-bond acceptors (Lipinski definition) is 5. The number of rotatable bonds is 5. The van der Waals surface area contributed by atoms with Crippen molar-refractivity contribution in [2.45, 2.75) is 16.5 Å². The Balaban J connectivity index is 1.34. The molecule has 4 aromatic rings. The molecule has 1 aliphatic rings. The van der Waals surface area contributed by atoms with Gasteiger partial charge < -0.3 is 4.42 Å². The lowest BCUT2D eigenvalue weighted by atomic mass is 10.1. The Labute approximate surface area is 194 Å². The van der Waals surface area contributed by atoms with Gasteiger partial charge in [0.05, 0.1) is 11.4 Å². The Bertz CT molecular complexity index is 1310. The van der Waals surface area contributed by atoms with Gasteiger partial charge in [-0.2, -0.15) is 0 Å². The smallest absolute Gasteiger partial charge is 0.266 e. The normalized spacial score (nSPS) is 15.4. The first-order valence-corrected chi connectivity index (χ1v) is 11.8. The lowest BCUT2D eigenvalue weighted by Gasteiger charge is -2.14. The van der Waals surface area contributed by atoms with E-state index in [1.807, 2.05) is 60.7 Å². The fraction of sp³-hybridized carbons (Fsp3) is 0.0400. The van der Waals surface area contributed by atoms with Crippen LogP contribution in [0, 0.1) is 0 Å². The summed E-state index contributed by atoms with van der Waals surface area (Å²) in [6, 6.07) is 28.2. The summed E-state index contributed by atoms with van der Waals surface area (Å²) in [6.45, 7) is 0.475. The molecule has 0 aliphatic carbocycles. The van der Waals surface area contributed by atoms with Crippen molar-refractivity contribution in [2.75, 3.05) is 0 Å². The standard InChI is InChI=1S/C25H17NO2S3/c27-24-22(31-25(29)26(24)16-17-7-2-1-3-8-17)15-19-13-14-23(28-19)30-21-12-6-10-18-9-4-5-11-20(18)21/h1-15H,16H2/b22-15-. The molecule has 0 spiro atoms. The van der Waals surface area contributed by atoms with E-state index in [9.17, 15) is 4.79 Å². The zero-order valence-electron chi connectivity index (χ0n) is 16.4. The largest absolute Gasteiger partial charge is 0.450 e. The highest BCUT2D eigenvalue weighted by molar-refractivity contribution is 8.26. The Morgan fingerprint density at radius 1 is 0.935 bits per heavy atom. The van der Waals surface area contributed by atoms with Crippen LogP contribution in [-0.2, 0) is 11.3 Å². The molecule has 3 aromatic carbocycles. The van der Waals surface area contributed by atoms with Crippen LogP contribution < -0.4 is 0 Å². The Morgan fingerprint density at radius 2 is 1.71 bits per heavy atom. The molecule has 5 rings (SSSR count). The zero-order valence-corrected chi connectivity index (χ0v) is 18.8. The molecular weight excluding hydrogens is 442 g/mol. The van der Waals surface area contributed by atoms with Crippen LogP contribution in [0.5, 0.6) is 0 Å². The lowest BCUT2D eigenvalue weighted by Crippen LogP contribution is -2.27. The second-order valence-corrected chi connectivity index (χ2v) is 9.71. The Hall–Kier alpha value is -2.80. The van der Waals surface area contributed by atoms with E-state index in [4.69, 9.17) is 16.6 Å². The summed E-state index contributed by atoms with van der Waals surface area (Å²) in [6.07, 6.45) is 1.78. The second-order valence-electron chi connectivity index (χ2n) is 6.99. The first-order chi connectivity index (χ1) is 15.2. The highest BCUT2D eigenvalue weighted by atomic mass is 32.2. The summed E-state index contributed by atoms with van der Waals surface area (Å²) in [4.78, 5) is 16.2. The number of fused-ring (bicyclic) bond motifs is 1. The van der Waals surface area contributed by atoms with E-state index in [2.05, 4.69) is 24.3 Å². The third kappa shape index (κ3) is 4.32. The lowest BCUT2D eigenvalue weighted by molar-refractivity contribution is -0.122. The highest BCUT2D eigenvalue weighted by Crippen LogP contribution is 2.37. The number of carbonyl (C=O) groups is 1. The number of furan rings is 1. The average Bonchev–Trinajstić information content (AvgIpc) is 3.34. The van der Waals surface area contributed by atoms with Crippen molar-refractivity contribution in [2.24, 2.45) is 0 Å². The first-order valence-electron chi connectivity index (χ1n) is 9.72. The van der Waals surface area contributed by atoms with Gasteiger partial charge in [0.2, 0.25) is 0 Å². The molecule has 31 heavy (non-hydrogen) atoms. The maximum atomic E-state index is 12.9. The molecule has 152 valence electrons. The van der Waals surface area contributed by atoms with Crippen LogP contribution >= 0.6 is 35.7 Å². The van der Waals surface area contributed by atoms with Crippen LogP contribution in [0.25, 0.3) is 16.8 Å². The predicted octanol–water partition coefficient (Wildman–Crippen LogP) is 6.99. The van der Waals surface area contributed by atoms with Crippen LogP contribution in [0.4, 0.5) is 0 Å². The third-order valence-corrected chi connectivity index (χ3v) is 7.27. The van der Waals surface area contributed by atoms with E-state index < -0.39 is 0 Å². The Kier molecular flexibility index (Phi) is 5.68. The maximum absolute atomic E-state index is 12.9. The van der Waals surface area contributed by atoms with E-state index in [1.165, 1.54) is 22.5 Å². The van der Waals surface area contributed by atoms with Crippen molar-refractivity contribution in [3.05, 3.63) is 101 Å². The molecule has 0 saturated carbocycles. The first kappa shape index (κ1) is 20.1. The molecule has 1 saturated heterocycles. The fourth-order valence-corrected chi connectivity index (χ4v) is 5.56. The monoisotopic (exact) mass is 459 g/mol. The van der Waals surface area contributed by atoms with Gasteiger partial charge in [-0.05, 0) is 34.5 Å². The van der Waals surface area contributed by atoms with Crippen LogP contribution in [0.3, 0.4) is 0 Å². The summed E-state index contributed by atoms with van der Waals surface area (Å²) in [7, 11) is 0. The molecule has 2 heterocycles. The van der Waals surface area contributed by atoms with Crippen LogP contribution in [-0.4, -0.2) is 15.1 Å². The molecule has 1 amide bonds. The number of amides is 1. The Morgan fingerprint density at radius 3 is 2.58 bits per heavy atom. The van der Waals surface area contributed by atoms with Crippen molar-refractivity contribution >= 4 is 62.8 Å². The summed E-state index contributed by atoms with van der Waals surface area (Å²) < 4.78 is 6.56. The molecule has 1 aromatic heterocycles. The predicted molar refractivity (Wildman–Crippen MR) is 132 cm³/mol. The van der Waals surface area contributed by atoms with E-state index in [0.717, 1.165) is 15.6 Å². The topological polar surface area (TPSA) is 33.5 Å². The van der Waals surface area contributed by atoms with Gasteiger partial charge in [-0.25, -0.2) is 0 Å². The third-order valence-electron chi connectivity index (χ3n) is 4.89. The second kappa shape index (κ2) is 8.75. The minimum absolute atomic E-state index is 0.0847. The molecular formula is C25H17NO2S3. The molecule has 0 bridgehead atoms. The van der Waals surface area contributed by atoms with Crippen LogP contribution in [0.15, 0.2) is 104 Å². The zero-order chi connectivity index (χ0) is 21.2. The molecule has 0 atom stereocenters. The summed E-state index contributed by atoms with van der Waals surface area (Å²) in [5.74, 6) is 0.557. The van der Waals surface area contributed by atoms with Gasteiger partial charge >= 0.3 is 0 Å². The summed E-state index contributed by atoms with van der Waals surface area (Å²) in [5, 5.41) is 3.17. The van der Waals surface area contributed by atoms with Crippen molar-refractivity contribution < 1.29 is 9.21 Å². The van der Waals surface area contributed by atoms with Crippen LogP contribution in [0.1, 0.15) is 11.3 Å². The van der Waals surface area contributed by atoms with Crippen molar-refractivity contribution in [1.29, 1.82) is 0 Å². The molecule has 0 radical (unpaired) electrons. The number of benzene rings is 3. The minimum Gasteiger partial charge on any atom is -0.450 e. The summed E-state index contributed by atoms with van der Waals surface area (Å²) >= 11 is 8.33.